The minimum Gasteiger partial charge on any atom is -0.394 e. The highest BCUT2D eigenvalue weighted by Crippen LogP contribution is 2.31. The first-order chi connectivity index (χ1) is 20.9. The van der Waals surface area contributed by atoms with E-state index in [2.05, 4.69) is 36.9 Å². The van der Waals surface area contributed by atoms with Crippen LogP contribution in [0, 0.1) is 0 Å². The first kappa shape index (κ1) is 31.0. The average molecular weight is 599 g/mol. The van der Waals surface area contributed by atoms with Crippen LogP contribution in [0.3, 0.4) is 0 Å². The smallest absolute Gasteiger partial charge is 0.351 e. The summed E-state index contributed by atoms with van der Waals surface area (Å²) in [6, 6.07) is 3.47. The van der Waals surface area contributed by atoms with Crippen molar-refractivity contribution >= 4 is 18.0 Å². The topological polar surface area (TPSA) is 160 Å². The van der Waals surface area contributed by atoms with Crippen LogP contribution in [0.5, 0.6) is 0 Å². The predicted octanol–water partition coefficient (Wildman–Crippen LogP) is 1.56. The van der Waals surface area contributed by atoms with Crippen LogP contribution in [0.4, 0.5) is 11.6 Å². The van der Waals surface area contributed by atoms with Gasteiger partial charge < -0.3 is 30.0 Å². The molecule has 0 aromatic carbocycles. The number of nitrogens with one attached hydrogen (secondary N) is 1. The fourth-order valence-electron chi connectivity index (χ4n) is 5.63. The SMILES string of the molecule is C=C1C[C@@H](CO)O[C@H]1n1ccc(NN2CCCC2)nc1=O.O=c1nc(N=CN2CCCCC2)ccn1[C@H]1CC[C@@H](CO)O1. The van der Waals surface area contributed by atoms with E-state index >= 15 is 0 Å². The van der Waals surface area contributed by atoms with Crippen molar-refractivity contribution in [2.45, 2.75) is 76.0 Å². The van der Waals surface area contributed by atoms with Crippen molar-refractivity contribution in [1.29, 1.82) is 0 Å². The zero-order valence-corrected chi connectivity index (χ0v) is 24.5. The van der Waals surface area contributed by atoms with Crippen molar-refractivity contribution in [3.8, 4) is 0 Å². The molecule has 0 amide bonds. The van der Waals surface area contributed by atoms with Crippen LogP contribution in [0.25, 0.3) is 0 Å². The number of nitrogens with zero attached hydrogens (tertiary/aromatic N) is 7. The minimum atomic E-state index is -0.539. The van der Waals surface area contributed by atoms with Crippen LogP contribution >= 0.6 is 0 Å². The largest absolute Gasteiger partial charge is 0.394 e. The Bertz CT molecular complexity index is 1370. The molecule has 0 saturated carbocycles. The highest BCUT2D eigenvalue weighted by atomic mass is 16.5. The molecule has 14 nitrogen and oxygen atoms in total. The monoisotopic (exact) mass is 598 g/mol. The first-order valence-corrected chi connectivity index (χ1v) is 15.1. The van der Waals surface area contributed by atoms with E-state index in [1.807, 2.05) is 0 Å². The summed E-state index contributed by atoms with van der Waals surface area (Å²) >= 11 is 0. The van der Waals surface area contributed by atoms with Gasteiger partial charge in [0.1, 0.15) is 12.0 Å². The zero-order valence-electron chi connectivity index (χ0n) is 24.5. The number of likely N-dealkylation sites (tertiary alicyclic amines) is 1. The summed E-state index contributed by atoms with van der Waals surface area (Å²) in [4.78, 5) is 38.7. The lowest BCUT2D eigenvalue weighted by Crippen LogP contribution is -2.31. The average Bonchev–Trinajstić information content (AvgIpc) is 3.79. The van der Waals surface area contributed by atoms with E-state index in [1.165, 1.54) is 28.4 Å². The van der Waals surface area contributed by atoms with Gasteiger partial charge in [0.25, 0.3) is 0 Å². The number of hydrazine groups is 1. The van der Waals surface area contributed by atoms with Crippen molar-refractivity contribution in [2.75, 3.05) is 44.8 Å². The Morgan fingerprint density at radius 1 is 0.907 bits per heavy atom. The second-order valence-electron chi connectivity index (χ2n) is 11.3. The molecule has 4 atom stereocenters. The number of aliphatic imine (C=N–C) groups is 1. The van der Waals surface area contributed by atoms with Gasteiger partial charge in [-0.15, -0.1) is 0 Å². The number of aromatic nitrogens is 4. The molecule has 0 aliphatic carbocycles. The van der Waals surface area contributed by atoms with Crippen molar-refractivity contribution in [1.82, 2.24) is 29.0 Å². The van der Waals surface area contributed by atoms with E-state index in [0.29, 0.717) is 24.5 Å². The fraction of sp³-hybridized carbons (Fsp3) is 0.621. The second kappa shape index (κ2) is 14.8. The Morgan fingerprint density at radius 3 is 2.26 bits per heavy atom. The van der Waals surface area contributed by atoms with Crippen LogP contribution in [-0.2, 0) is 9.47 Å². The Morgan fingerprint density at radius 2 is 1.60 bits per heavy atom. The molecule has 234 valence electrons. The zero-order chi connectivity index (χ0) is 30.2. The molecule has 0 radical (unpaired) electrons. The van der Waals surface area contributed by atoms with Crippen LogP contribution in [0.15, 0.2) is 51.3 Å². The number of ether oxygens (including phenoxy) is 2. The number of rotatable bonds is 8. The molecule has 4 aliphatic rings. The Balaban J connectivity index is 0.000000171. The lowest BCUT2D eigenvalue weighted by atomic mass is 10.1. The van der Waals surface area contributed by atoms with Crippen molar-refractivity contribution < 1.29 is 19.7 Å². The maximum atomic E-state index is 12.2. The molecule has 2 aromatic rings. The number of aliphatic hydroxyl groups excluding tert-OH is 2. The van der Waals surface area contributed by atoms with Gasteiger partial charge in [0.2, 0.25) is 0 Å². The molecule has 14 heteroatoms. The third-order valence-electron chi connectivity index (χ3n) is 7.98. The van der Waals surface area contributed by atoms with Crippen molar-refractivity contribution in [3.63, 3.8) is 0 Å². The predicted molar refractivity (Wildman–Crippen MR) is 160 cm³/mol. The number of piperidine rings is 1. The van der Waals surface area contributed by atoms with Crippen LogP contribution < -0.4 is 16.8 Å². The second-order valence-corrected chi connectivity index (χ2v) is 11.3. The van der Waals surface area contributed by atoms with E-state index in [0.717, 1.165) is 51.0 Å². The van der Waals surface area contributed by atoms with Gasteiger partial charge in [-0.2, -0.15) is 9.97 Å². The van der Waals surface area contributed by atoms with E-state index in [4.69, 9.17) is 19.7 Å². The molecule has 4 saturated heterocycles. The highest BCUT2D eigenvalue weighted by molar-refractivity contribution is 5.59. The standard InChI is InChI=1S/C15H22N4O3.C14H20N4O3/c20-10-12-4-5-14(22-12)19-9-6-13(17-15(19)21)16-11-18-7-2-1-3-8-18;1-10-8-11(9-19)21-13(10)18-7-4-12(15-14(18)20)16-17-5-2-3-6-17/h6,9,11-12,14,20H,1-5,7-8,10H2;4,7,11,13,19H,1-3,5-6,8-9H2,(H,15,16,20)/t12-,14+;11-,13+/m00/s1. The lowest BCUT2D eigenvalue weighted by Gasteiger charge is -2.23. The number of hydrogen-bond donors (Lipinski definition) is 3. The maximum Gasteiger partial charge on any atom is 0.351 e. The van der Waals surface area contributed by atoms with Crippen LogP contribution in [-0.4, -0.2) is 97.2 Å². The fourth-order valence-corrected chi connectivity index (χ4v) is 5.63. The first-order valence-electron chi connectivity index (χ1n) is 15.1. The Kier molecular flexibility index (Phi) is 10.7. The summed E-state index contributed by atoms with van der Waals surface area (Å²) in [5.41, 5.74) is 3.16. The summed E-state index contributed by atoms with van der Waals surface area (Å²) in [7, 11) is 0. The molecule has 4 fully saturated rings. The minimum absolute atomic E-state index is 0.0170. The molecule has 2 aromatic heterocycles. The van der Waals surface area contributed by atoms with Gasteiger partial charge >= 0.3 is 11.4 Å². The normalized spacial score (nSPS) is 26.2. The van der Waals surface area contributed by atoms with Gasteiger partial charge in [-0.25, -0.2) is 19.6 Å². The Hall–Kier alpha value is -3.43. The van der Waals surface area contributed by atoms with Gasteiger partial charge in [-0.05, 0) is 62.7 Å². The van der Waals surface area contributed by atoms with Gasteiger partial charge in [0, 0.05) is 45.0 Å². The van der Waals surface area contributed by atoms with Gasteiger partial charge in [-0.3, -0.25) is 9.13 Å². The van der Waals surface area contributed by atoms with Gasteiger partial charge in [-0.1, -0.05) is 6.58 Å². The molecule has 0 unspecified atom stereocenters. The third-order valence-corrected chi connectivity index (χ3v) is 7.98. The molecule has 0 bridgehead atoms. The third kappa shape index (κ3) is 8.15. The molecule has 43 heavy (non-hydrogen) atoms. The van der Waals surface area contributed by atoms with E-state index in [1.54, 1.807) is 30.9 Å². The molecule has 4 aliphatic heterocycles. The Labute approximate surface area is 250 Å². The summed E-state index contributed by atoms with van der Waals surface area (Å²) in [5.74, 6) is 0.962. The summed E-state index contributed by atoms with van der Waals surface area (Å²) in [6.45, 7) is 7.77. The van der Waals surface area contributed by atoms with Crippen LogP contribution in [0.2, 0.25) is 0 Å². The summed E-state index contributed by atoms with van der Waals surface area (Å²) in [6.07, 6.45) is 11.7. The molecule has 3 N–H and O–H groups in total. The summed E-state index contributed by atoms with van der Waals surface area (Å²) in [5, 5.41) is 20.3. The molecular weight excluding hydrogens is 556 g/mol. The maximum absolute atomic E-state index is 12.2. The van der Waals surface area contributed by atoms with Gasteiger partial charge in [0.05, 0.1) is 31.8 Å². The molecular formula is C29H42N8O6. The van der Waals surface area contributed by atoms with E-state index in [-0.39, 0.29) is 43.0 Å². The van der Waals surface area contributed by atoms with E-state index < -0.39 is 6.23 Å². The molecule has 0 spiro atoms. The van der Waals surface area contributed by atoms with Gasteiger partial charge in [0.15, 0.2) is 12.0 Å². The highest BCUT2D eigenvalue weighted by Gasteiger charge is 2.30. The number of anilines is 1. The molecule has 6 rings (SSSR count). The van der Waals surface area contributed by atoms with Crippen molar-refractivity contribution in [3.05, 3.63) is 57.6 Å². The lowest BCUT2D eigenvalue weighted by molar-refractivity contribution is -0.0245. The van der Waals surface area contributed by atoms with E-state index in [9.17, 15) is 9.59 Å². The number of aliphatic hydroxyl groups is 2. The number of hydrogen-bond acceptors (Lipinski definition) is 11. The quantitative estimate of drug-likeness (QED) is 0.230. The summed E-state index contributed by atoms with van der Waals surface area (Å²) < 4.78 is 14.1. The van der Waals surface area contributed by atoms with Crippen molar-refractivity contribution in [2.24, 2.45) is 4.99 Å². The molecule has 6 heterocycles. The van der Waals surface area contributed by atoms with Crippen LogP contribution in [0.1, 0.15) is 63.8 Å².